The molecule has 2 aromatic heterocycles. The quantitative estimate of drug-likeness (QED) is 0.766. The molecule has 1 saturated carbocycles. The Bertz CT molecular complexity index is 575. The minimum atomic E-state index is 0.677. The van der Waals surface area contributed by atoms with Crippen LogP contribution in [0.1, 0.15) is 43.0 Å². The zero-order valence-electron chi connectivity index (χ0n) is 9.36. The minimum absolute atomic E-state index is 0.677. The van der Waals surface area contributed by atoms with Crippen molar-refractivity contribution in [1.82, 2.24) is 14.6 Å². The van der Waals surface area contributed by atoms with Crippen molar-refractivity contribution in [1.29, 1.82) is 0 Å². The monoisotopic (exact) mass is 233 g/mol. The van der Waals surface area contributed by atoms with Crippen LogP contribution in [-0.2, 0) is 0 Å². The molecule has 0 amide bonds. The number of nitrogens with zero attached hydrogens (tertiary/aromatic N) is 2. The summed E-state index contributed by atoms with van der Waals surface area (Å²) in [6.07, 6.45) is 5.27. The van der Waals surface area contributed by atoms with E-state index in [0.29, 0.717) is 5.92 Å². The SMILES string of the molecule is Cc1cc(=S)n2[nH]c(C3CCCC3)cc2n1. The molecule has 84 valence electrons. The number of hydrogen-bond acceptors (Lipinski definition) is 2. The molecule has 2 aromatic rings. The van der Waals surface area contributed by atoms with Gasteiger partial charge in [-0.1, -0.05) is 25.1 Å². The Morgan fingerprint density at radius 1 is 1.38 bits per heavy atom. The normalized spacial score (nSPS) is 17.3. The Balaban J connectivity index is 2.15. The largest absolute Gasteiger partial charge is 0.295 e. The fourth-order valence-electron chi connectivity index (χ4n) is 2.57. The molecule has 0 radical (unpaired) electrons. The van der Waals surface area contributed by atoms with Gasteiger partial charge in [0.1, 0.15) is 4.64 Å². The molecule has 0 saturated heterocycles. The van der Waals surface area contributed by atoms with Crippen LogP contribution in [0.15, 0.2) is 12.1 Å². The molecular weight excluding hydrogens is 218 g/mol. The first-order valence-corrected chi connectivity index (χ1v) is 6.24. The predicted molar refractivity (Wildman–Crippen MR) is 66.3 cm³/mol. The van der Waals surface area contributed by atoms with Gasteiger partial charge in [0.05, 0.1) is 0 Å². The van der Waals surface area contributed by atoms with Gasteiger partial charge in [0, 0.05) is 23.4 Å². The maximum Gasteiger partial charge on any atom is 0.154 e. The van der Waals surface area contributed by atoms with E-state index in [2.05, 4.69) is 16.1 Å². The zero-order valence-corrected chi connectivity index (χ0v) is 10.2. The number of H-pyrrole nitrogens is 1. The van der Waals surface area contributed by atoms with Gasteiger partial charge in [-0.2, -0.15) is 0 Å². The molecule has 1 N–H and O–H groups in total. The highest BCUT2D eigenvalue weighted by Crippen LogP contribution is 2.33. The summed E-state index contributed by atoms with van der Waals surface area (Å²) in [7, 11) is 0. The highest BCUT2D eigenvalue weighted by molar-refractivity contribution is 7.71. The molecule has 4 heteroatoms. The first-order valence-electron chi connectivity index (χ1n) is 5.83. The summed E-state index contributed by atoms with van der Waals surface area (Å²) in [6, 6.07) is 4.08. The summed E-state index contributed by atoms with van der Waals surface area (Å²) in [5.41, 5.74) is 3.23. The maximum absolute atomic E-state index is 5.32. The zero-order chi connectivity index (χ0) is 11.1. The molecule has 16 heavy (non-hydrogen) atoms. The van der Waals surface area contributed by atoms with E-state index in [0.717, 1.165) is 16.0 Å². The Morgan fingerprint density at radius 2 is 2.12 bits per heavy atom. The van der Waals surface area contributed by atoms with Gasteiger partial charge in [-0.3, -0.25) is 5.10 Å². The molecule has 0 bridgehead atoms. The molecule has 2 heterocycles. The van der Waals surface area contributed by atoms with E-state index >= 15 is 0 Å². The average Bonchev–Trinajstić information content (AvgIpc) is 2.82. The van der Waals surface area contributed by atoms with Crippen LogP contribution < -0.4 is 0 Å². The van der Waals surface area contributed by atoms with E-state index < -0.39 is 0 Å². The van der Waals surface area contributed by atoms with Gasteiger partial charge >= 0.3 is 0 Å². The Morgan fingerprint density at radius 3 is 2.88 bits per heavy atom. The van der Waals surface area contributed by atoms with E-state index in [1.165, 1.54) is 31.4 Å². The van der Waals surface area contributed by atoms with Gasteiger partial charge in [-0.25, -0.2) is 9.50 Å². The van der Waals surface area contributed by atoms with Crippen molar-refractivity contribution in [2.45, 2.75) is 38.5 Å². The lowest BCUT2D eigenvalue weighted by molar-refractivity contribution is 0.683. The second kappa shape index (κ2) is 3.70. The molecule has 3 nitrogen and oxygen atoms in total. The topological polar surface area (TPSA) is 33.1 Å². The number of rotatable bonds is 1. The minimum Gasteiger partial charge on any atom is -0.295 e. The molecule has 0 spiro atoms. The summed E-state index contributed by atoms with van der Waals surface area (Å²) in [5, 5.41) is 3.38. The fraction of sp³-hybridized carbons (Fsp3) is 0.500. The molecule has 0 aliphatic heterocycles. The lowest BCUT2D eigenvalue weighted by atomic mass is 10.1. The van der Waals surface area contributed by atoms with Crippen LogP contribution in [0, 0.1) is 11.6 Å². The van der Waals surface area contributed by atoms with Crippen LogP contribution in [0.5, 0.6) is 0 Å². The number of fused-ring (bicyclic) bond motifs is 1. The first kappa shape index (κ1) is 10.0. The summed E-state index contributed by atoms with van der Waals surface area (Å²) < 4.78 is 2.72. The summed E-state index contributed by atoms with van der Waals surface area (Å²) >= 11 is 5.32. The van der Waals surface area contributed by atoms with Crippen molar-refractivity contribution in [2.24, 2.45) is 0 Å². The van der Waals surface area contributed by atoms with Crippen LogP contribution in [0.3, 0.4) is 0 Å². The van der Waals surface area contributed by atoms with Gasteiger partial charge in [-0.05, 0) is 25.8 Å². The number of aromatic amines is 1. The van der Waals surface area contributed by atoms with Gasteiger partial charge in [0.2, 0.25) is 0 Å². The molecular formula is C12H15N3S. The molecule has 0 aromatic carbocycles. The maximum atomic E-state index is 5.32. The standard InChI is InChI=1S/C12H15N3S/c1-8-6-12(16)15-11(13-8)7-10(14-15)9-4-2-3-5-9/h6-7,9,14H,2-5H2,1H3. The van der Waals surface area contributed by atoms with Crippen molar-refractivity contribution >= 4 is 17.9 Å². The average molecular weight is 233 g/mol. The Hall–Kier alpha value is -1.16. The lowest BCUT2D eigenvalue weighted by Gasteiger charge is -2.03. The molecule has 1 aliphatic carbocycles. The van der Waals surface area contributed by atoms with E-state index in [-0.39, 0.29) is 0 Å². The van der Waals surface area contributed by atoms with Crippen molar-refractivity contribution in [3.8, 4) is 0 Å². The number of aryl methyl sites for hydroxylation is 1. The lowest BCUT2D eigenvalue weighted by Crippen LogP contribution is -1.96. The Labute approximate surface area is 99.5 Å². The van der Waals surface area contributed by atoms with Crippen LogP contribution in [-0.4, -0.2) is 14.6 Å². The van der Waals surface area contributed by atoms with Crippen molar-refractivity contribution in [3.05, 3.63) is 28.2 Å². The number of hydrogen-bond donors (Lipinski definition) is 1. The van der Waals surface area contributed by atoms with Gasteiger partial charge in [-0.15, -0.1) is 0 Å². The van der Waals surface area contributed by atoms with E-state index in [1.54, 1.807) is 0 Å². The molecule has 3 rings (SSSR count). The third-order valence-electron chi connectivity index (χ3n) is 3.39. The fourth-order valence-corrected chi connectivity index (χ4v) is 2.88. The van der Waals surface area contributed by atoms with Crippen LogP contribution in [0.2, 0.25) is 0 Å². The van der Waals surface area contributed by atoms with E-state index in [9.17, 15) is 0 Å². The third-order valence-corrected chi connectivity index (χ3v) is 3.69. The summed E-state index contributed by atoms with van der Waals surface area (Å²) in [4.78, 5) is 4.49. The molecule has 0 atom stereocenters. The first-order chi connectivity index (χ1) is 7.74. The smallest absolute Gasteiger partial charge is 0.154 e. The number of nitrogens with one attached hydrogen (secondary N) is 1. The highest BCUT2D eigenvalue weighted by atomic mass is 32.1. The summed E-state index contributed by atoms with van der Waals surface area (Å²) in [6.45, 7) is 1.98. The second-order valence-corrected chi connectivity index (χ2v) is 5.04. The predicted octanol–water partition coefficient (Wildman–Crippen LogP) is 3.36. The van der Waals surface area contributed by atoms with Crippen LogP contribution in [0.25, 0.3) is 5.65 Å². The van der Waals surface area contributed by atoms with Crippen molar-refractivity contribution in [3.63, 3.8) is 0 Å². The van der Waals surface area contributed by atoms with Crippen LogP contribution in [0.4, 0.5) is 0 Å². The number of aromatic nitrogens is 3. The van der Waals surface area contributed by atoms with Crippen molar-refractivity contribution < 1.29 is 0 Å². The van der Waals surface area contributed by atoms with Crippen molar-refractivity contribution in [2.75, 3.05) is 0 Å². The summed E-state index contributed by atoms with van der Waals surface area (Å²) in [5.74, 6) is 0.677. The second-order valence-electron chi connectivity index (χ2n) is 4.62. The Kier molecular flexibility index (Phi) is 2.32. The molecule has 0 unspecified atom stereocenters. The van der Waals surface area contributed by atoms with Gasteiger partial charge in [0.15, 0.2) is 5.65 Å². The van der Waals surface area contributed by atoms with Gasteiger partial charge in [0.25, 0.3) is 0 Å². The molecule has 1 fully saturated rings. The van der Waals surface area contributed by atoms with Crippen LogP contribution >= 0.6 is 12.2 Å². The van der Waals surface area contributed by atoms with E-state index in [4.69, 9.17) is 12.2 Å². The third kappa shape index (κ3) is 1.57. The van der Waals surface area contributed by atoms with E-state index in [1.807, 2.05) is 17.5 Å². The highest BCUT2D eigenvalue weighted by Gasteiger charge is 2.19. The van der Waals surface area contributed by atoms with Gasteiger partial charge < -0.3 is 0 Å². The molecule has 1 aliphatic rings.